The van der Waals surface area contributed by atoms with Crippen LogP contribution >= 0.6 is 0 Å². The van der Waals surface area contributed by atoms with Gasteiger partial charge >= 0.3 is 12.1 Å². The van der Waals surface area contributed by atoms with Gasteiger partial charge < -0.3 is 10.0 Å². The van der Waals surface area contributed by atoms with Gasteiger partial charge in [-0.15, -0.1) is 0 Å². The number of hydrogen-bond donors (Lipinski definition) is 1. The van der Waals surface area contributed by atoms with E-state index in [1.54, 1.807) is 29.2 Å². The van der Waals surface area contributed by atoms with Crippen molar-refractivity contribution in [2.45, 2.75) is 25.4 Å². The Labute approximate surface area is 159 Å². The van der Waals surface area contributed by atoms with Crippen molar-refractivity contribution >= 4 is 11.9 Å². The number of benzene rings is 1. The average molecular weight is 393 g/mol. The lowest BCUT2D eigenvalue weighted by Gasteiger charge is -2.32. The molecular weight excluding hydrogens is 375 g/mol. The third-order valence-electron chi connectivity index (χ3n) is 4.81. The van der Waals surface area contributed by atoms with E-state index in [0.717, 1.165) is 18.0 Å². The SMILES string of the molecule is O=C(O)c1ccccc1CC1CCN(C(=O)c2cnc(C(F)(F)F)nc2)CC1. The molecule has 28 heavy (non-hydrogen) atoms. The van der Waals surface area contributed by atoms with E-state index >= 15 is 0 Å². The van der Waals surface area contributed by atoms with Crippen molar-refractivity contribution in [3.8, 4) is 0 Å². The van der Waals surface area contributed by atoms with E-state index in [1.165, 1.54) is 0 Å². The van der Waals surface area contributed by atoms with Gasteiger partial charge in [0.1, 0.15) is 0 Å². The largest absolute Gasteiger partial charge is 0.478 e. The van der Waals surface area contributed by atoms with E-state index in [9.17, 15) is 27.9 Å². The first-order valence-electron chi connectivity index (χ1n) is 8.75. The molecule has 1 aromatic carbocycles. The van der Waals surface area contributed by atoms with Crippen LogP contribution in [0.4, 0.5) is 13.2 Å². The zero-order valence-corrected chi connectivity index (χ0v) is 14.8. The third-order valence-corrected chi connectivity index (χ3v) is 4.81. The fraction of sp³-hybridized carbons (Fsp3) is 0.368. The average Bonchev–Trinajstić information content (AvgIpc) is 2.68. The highest BCUT2D eigenvalue weighted by atomic mass is 19.4. The monoisotopic (exact) mass is 393 g/mol. The highest BCUT2D eigenvalue weighted by Crippen LogP contribution is 2.26. The van der Waals surface area contributed by atoms with Crippen molar-refractivity contribution in [2.24, 2.45) is 5.92 Å². The molecule has 0 radical (unpaired) electrons. The van der Waals surface area contributed by atoms with E-state index in [1.807, 2.05) is 0 Å². The number of piperidine rings is 1. The summed E-state index contributed by atoms with van der Waals surface area (Å²) >= 11 is 0. The summed E-state index contributed by atoms with van der Waals surface area (Å²) in [7, 11) is 0. The van der Waals surface area contributed by atoms with Crippen molar-refractivity contribution in [3.63, 3.8) is 0 Å². The number of alkyl halides is 3. The molecule has 1 aliphatic rings. The summed E-state index contributed by atoms with van der Waals surface area (Å²) in [6.45, 7) is 0.888. The number of hydrogen-bond acceptors (Lipinski definition) is 4. The maximum atomic E-state index is 12.5. The van der Waals surface area contributed by atoms with Crippen molar-refractivity contribution < 1.29 is 27.9 Å². The molecule has 0 bridgehead atoms. The van der Waals surface area contributed by atoms with Gasteiger partial charge in [-0.1, -0.05) is 18.2 Å². The number of nitrogens with zero attached hydrogens (tertiary/aromatic N) is 3. The van der Waals surface area contributed by atoms with Gasteiger partial charge in [-0.2, -0.15) is 13.2 Å². The van der Waals surface area contributed by atoms with Crippen molar-refractivity contribution in [1.29, 1.82) is 0 Å². The number of carbonyl (C=O) groups is 2. The Balaban J connectivity index is 1.59. The van der Waals surface area contributed by atoms with Crippen LogP contribution in [-0.2, 0) is 12.6 Å². The summed E-state index contributed by atoms with van der Waals surface area (Å²) in [5.41, 5.74) is 1.06. The van der Waals surface area contributed by atoms with Crippen LogP contribution in [0.5, 0.6) is 0 Å². The standard InChI is InChI=1S/C19H18F3N3O3/c20-19(21,22)18-23-10-14(11-24-18)16(26)25-7-5-12(6-8-25)9-13-3-1-2-4-15(13)17(27)28/h1-4,10-12H,5-9H2,(H,27,28). The Morgan fingerprint density at radius 3 is 2.29 bits per heavy atom. The minimum atomic E-state index is -4.65. The van der Waals surface area contributed by atoms with E-state index in [2.05, 4.69) is 9.97 Å². The first-order valence-corrected chi connectivity index (χ1v) is 8.75. The highest BCUT2D eigenvalue weighted by molar-refractivity contribution is 5.93. The van der Waals surface area contributed by atoms with Crippen molar-refractivity contribution in [2.75, 3.05) is 13.1 Å². The molecule has 1 amide bonds. The summed E-state index contributed by atoms with van der Waals surface area (Å²) in [5, 5.41) is 9.27. The quantitative estimate of drug-likeness (QED) is 0.862. The van der Waals surface area contributed by atoms with Gasteiger partial charge in [0.05, 0.1) is 11.1 Å². The van der Waals surface area contributed by atoms with Crippen LogP contribution in [-0.4, -0.2) is 44.9 Å². The second kappa shape index (κ2) is 7.95. The lowest BCUT2D eigenvalue weighted by atomic mass is 9.88. The smallest absolute Gasteiger partial charge is 0.451 e. The summed E-state index contributed by atoms with van der Waals surface area (Å²) in [5.74, 6) is -2.42. The van der Waals surface area contributed by atoms with Gasteiger partial charge in [-0.05, 0) is 36.8 Å². The molecule has 6 nitrogen and oxygen atoms in total. The van der Waals surface area contributed by atoms with E-state index in [4.69, 9.17) is 0 Å². The minimum absolute atomic E-state index is 0.0164. The number of halogens is 3. The number of carboxylic acid groups (broad SMARTS) is 1. The number of amides is 1. The fourth-order valence-corrected chi connectivity index (χ4v) is 3.33. The fourth-order valence-electron chi connectivity index (χ4n) is 3.33. The Morgan fingerprint density at radius 2 is 1.71 bits per heavy atom. The molecule has 3 rings (SSSR count). The van der Waals surface area contributed by atoms with Crippen LogP contribution < -0.4 is 0 Å². The molecule has 0 atom stereocenters. The maximum absolute atomic E-state index is 12.5. The molecule has 9 heteroatoms. The summed E-state index contributed by atoms with van der Waals surface area (Å²) in [4.78, 5) is 31.8. The molecule has 1 aliphatic heterocycles. The summed E-state index contributed by atoms with van der Waals surface area (Å²) in [6.07, 6.45) is -0.886. The number of rotatable bonds is 4. The van der Waals surface area contributed by atoms with Crippen LogP contribution in [0.2, 0.25) is 0 Å². The van der Waals surface area contributed by atoms with Gasteiger partial charge in [-0.3, -0.25) is 4.79 Å². The molecule has 148 valence electrons. The molecule has 1 aromatic heterocycles. The number of likely N-dealkylation sites (tertiary alicyclic amines) is 1. The predicted molar refractivity (Wildman–Crippen MR) is 92.8 cm³/mol. The molecule has 0 saturated carbocycles. The highest BCUT2D eigenvalue weighted by Gasteiger charge is 2.34. The topological polar surface area (TPSA) is 83.4 Å². The Bertz CT molecular complexity index is 861. The molecule has 1 saturated heterocycles. The lowest BCUT2D eigenvalue weighted by molar-refractivity contribution is -0.145. The normalized spacial score (nSPS) is 15.5. The Morgan fingerprint density at radius 1 is 1.11 bits per heavy atom. The molecule has 0 spiro atoms. The third kappa shape index (κ3) is 4.47. The number of carboxylic acids is 1. The summed E-state index contributed by atoms with van der Waals surface area (Å²) < 4.78 is 37.6. The zero-order valence-electron chi connectivity index (χ0n) is 14.8. The number of aromatic carboxylic acids is 1. The molecule has 1 fully saturated rings. The van der Waals surface area contributed by atoms with Crippen LogP contribution in [0.1, 0.15) is 44.9 Å². The first kappa shape index (κ1) is 19.8. The number of carbonyl (C=O) groups excluding carboxylic acids is 1. The lowest BCUT2D eigenvalue weighted by Crippen LogP contribution is -2.39. The van der Waals surface area contributed by atoms with Gasteiger partial charge in [0.15, 0.2) is 0 Å². The minimum Gasteiger partial charge on any atom is -0.478 e. The van der Waals surface area contributed by atoms with Crippen molar-refractivity contribution in [1.82, 2.24) is 14.9 Å². The van der Waals surface area contributed by atoms with Gasteiger partial charge in [0, 0.05) is 25.5 Å². The van der Waals surface area contributed by atoms with Crippen LogP contribution in [0, 0.1) is 5.92 Å². The first-order chi connectivity index (χ1) is 13.3. The summed E-state index contributed by atoms with van der Waals surface area (Å²) in [6, 6.07) is 6.84. The Hall–Kier alpha value is -2.97. The zero-order chi connectivity index (χ0) is 20.3. The van der Waals surface area contributed by atoms with Crippen LogP contribution in [0.25, 0.3) is 0 Å². The maximum Gasteiger partial charge on any atom is 0.451 e. The predicted octanol–water partition coefficient (Wildman–Crippen LogP) is 3.29. The second-order valence-corrected chi connectivity index (χ2v) is 6.70. The van der Waals surface area contributed by atoms with E-state index < -0.39 is 23.9 Å². The molecule has 2 aromatic rings. The van der Waals surface area contributed by atoms with Gasteiger partial charge in [-0.25, -0.2) is 14.8 Å². The van der Waals surface area contributed by atoms with E-state index in [-0.39, 0.29) is 17.0 Å². The van der Waals surface area contributed by atoms with Crippen molar-refractivity contribution in [3.05, 3.63) is 59.2 Å². The van der Waals surface area contributed by atoms with Crippen LogP contribution in [0.3, 0.4) is 0 Å². The molecule has 0 aliphatic carbocycles. The van der Waals surface area contributed by atoms with Crippen LogP contribution in [0.15, 0.2) is 36.7 Å². The molecular formula is C19H18F3N3O3. The van der Waals surface area contributed by atoms with Gasteiger partial charge in [0.25, 0.3) is 5.91 Å². The Kier molecular flexibility index (Phi) is 5.62. The van der Waals surface area contributed by atoms with E-state index in [0.29, 0.717) is 32.4 Å². The molecule has 0 unspecified atom stereocenters. The molecule has 2 heterocycles. The number of aromatic nitrogens is 2. The van der Waals surface area contributed by atoms with Gasteiger partial charge in [0.2, 0.25) is 5.82 Å². The second-order valence-electron chi connectivity index (χ2n) is 6.70. The molecule has 1 N–H and O–H groups in total.